The molecule has 1 saturated heterocycles. The fraction of sp³-hybridized carbons (Fsp3) is 0.480. The van der Waals surface area contributed by atoms with Gasteiger partial charge in [0.25, 0.3) is 11.5 Å². The second kappa shape index (κ2) is 11.1. The van der Waals surface area contributed by atoms with E-state index in [1.165, 1.54) is 32.4 Å². The maximum absolute atomic E-state index is 13.0. The highest BCUT2D eigenvalue weighted by molar-refractivity contribution is 6.30. The number of likely N-dealkylation sites (tertiary alicyclic amines) is 1. The Morgan fingerprint density at radius 2 is 1.74 bits per heavy atom. The number of halogens is 1. The number of hydrogen-bond acceptors (Lipinski definition) is 6. The van der Waals surface area contributed by atoms with Crippen molar-refractivity contribution in [3.63, 3.8) is 0 Å². The molecule has 3 heterocycles. The summed E-state index contributed by atoms with van der Waals surface area (Å²) in [6.45, 7) is 4.20. The number of esters is 1. The summed E-state index contributed by atoms with van der Waals surface area (Å²) in [6, 6.07) is 8.08. The SMILES string of the molecule is COC(=O)c1c(OCCN2CCCCC2)cc(=O)n2c1CCN(C(=O)c1ccc(Cl)cc1)CC2. The third kappa shape index (κ3) is 5.45. The first-order valence-electron chi connectivity index (χ1n) is 11.7. The molecule has 8 nitrogen and oxygen atoms in total. The van der Waals surface area contributed by atoms with Gasteiger partial charge in [-0.15, -0.1) is 0 Å². The summed E-state index contributed by atoms with van der Waals surface area (Å²) in [7, 11) is 1.31. The number of rotatable bonds is 6. The number of fused-ring (bicyclic) bond motifs is 1. The Hall–Kier alpha value is -2.84. The van der Waals surface area contributed by atoms with Crippen LogP contribution in [-0.4, -0.2) is 72.7 Å². The largest absolute Gasteiger partial charge is 0.491 e. The van der Waals surface area contributed by atoms with E-state index >= 15 is 0 Å². The molecule has 4 rings (SSSR count). The second-order valence-electron chi connectivity index (χ2n) is 8.61. The highest BCUT2D eigenvalue weighted by atomic mass is 35.5. The summed E-state index contributed by atoms with van der Waals surface area (Å²) in [5.74, 6) is -0.443. The molecule has 34 heavy (non-hydrogen) atoms. The van der Waals surface area contributed by atoms with E-state index in [-0.39, 0.29) is 29.3 Å². The summed E-state index contributed by atoms with van der Waals surface area (Å²) in [4.78, 5) is 42.7. The van der Waals surface area contributed by atoms with Gasteiger partial charge in [-0.05, 0) is 50.2 Å². The maximum Gasteiger partial charge on any atom is 0.343 e. The number of pyridine rings is 1. The van der Waals surface area contributed by atoms with Crippen molar-refractivity contribution in [1.29, 1.82) is 0 Å². The van der Waals surface area contributed by atoms with Gasteiger partial charge in [0, 0.05) is 54.9 Å². The van der Waals surface area contributed by atoms with E-state index in [1.54, 1.807) is 33.7 Å². The molecule has 0 N–H and O–H groups in total. The molecular formula is C25H30ClN3O5. The first-order chi connectivity index (χ1) is 16.5. The van der Waals surface area contributed by atoms with Gasteiger partial charge in [-0.25, -0.2) is 4.79 Å². The maximum atomic E-state index is 13.0. The Morgan fingerprint density at radius 3 is 2.44 bits per heavy atom. The van der Waals surface area contributed by atoms with Gasteiger partial charge >= 0.3 is 5.97 Å². The number of carbonyl (C=O) groups excluding carboxylic acids is 2. The van der Waals surface area contributed by atoms with E-state index < -0.39 is 5.97 Å². The molecule has 0 saturated carbocycles. The number of piperidine rings is 1. The minimum Gasteiger partial charge on any atom is -0.491 e. The highest BCUT2D eigenvalue weighted by Crippen LogP contribution is 2.25. The van der Waals surface area contributed by atoms with Gasteiger partial charge in [0.05, 0.1) is 7.11 Å². The summed E-state index contributed by atoms with van der Waals surface area (Å²) in [6.07, 6.45) is 3.95. The minimum atomic E-state index is -0.547. The number of benzene rings is 1. The molecule has 0 radical (unpaired) electrons. The van der Waals surface area contributed by atoms with Gasteiger partial charge in [-0.3, -0.25) is 14.5 Å². The zero-order valence-corrected chi connectivity index (χ0v) is 20.2. The van der Waals surface area contributed by atoms with E-state index in [2.05, 4.69) is 4.90 Å². The van der Waals surface area contributed by atoms with E-state index in [1.807, 2.05) is 0 Å². The highest BCUT2D eigenvalue weighted by Gasteiger charge is 2.28. The predicted molar refractivity (Wildman–Crippen MR) is 129 cm³/mol. The van der Waals surface area contributed by atoms with E-state index in [0.29, 0.717) is 42.4 Å². The van der Waals surface area contributed by atoms with Crippen LogP contribution in [0.2, 0.25) is 5.02 Å². The average molecular weight is 488 g/mol. The van der Waals surface area contributed by atoms with Crippen LogP contribution in [0.1, 0.15) is 45.7 Å². The van der Waals surface area contributed by atoms with Crippen molar-refractivity contribution in [2.24, 2.45) is 0 Å². The first kappa shape index (κ1) is 24.3. The van der Waals surface area contributed by atoms with Crippen LogP contribution in [0.5, 0.6) is 5.75 Å². The lowest BCUT2D eigenvalue weighted by atomic mass is 10.1. The van der Waals surface area contributed by atoms with Crippen molar-refractivity contribution in [1.82, 2.24) is 14.4 Å². The topological polar surface area (TPSA) is 81.1 Å². The van der Waals surface area contributed by atoms with Crippen LogP contribution in [0.15, 0.2) is 35.1 Å². The van der Waals surface area contributed by atoms with E-state index in [4.69, 9.17) is 21.1 Å². The molecule has 9 heteroatoms. The lowest BCUT2D eigenvalue weighted by Crippen LogP contribution is -2.34. The van der Waals surface area contributed by atoms with Crippen LogP contribution in [0.4, 0.5) is 0 Å². The van der Waals surface area contributed by atoms with Gasteiger partial charge in [0.1, 0.15) is 17.9 Å². The van der Waals surface area contributed by atoms with Gasteiger partial charge < -0.3 is 18.9 Å². The Labute approximate surface area is 204 Å². The normalized spacial score (nSPS) is 16.5. The van der Waals surface area contributed by atoms with Crippen molar-refractivity contribution in [2.45, 2.75) is 32.2 Å². The van der Waals surface area contributed by atoms with Crippen molar-refractivity contribution < 1.29 is 19.1 Å². The summed E-state index contributed by atoms with van der Waals surface area (Å²) >= 11 is 5.94. The van der Waals surface area contributed by atoms with Crippen molar-refractivity contribution >= 4 is 23.5 Å². The lowest BCUT2D eigenvalue weighted by molar-refractivity contribution is 0.0592. The molecule has 0 spiro atoms. The van der Waals surface area contributed by atoms with Crippen LogP contribution in [0, 0.1) is 0 Å². The molecule has 2 aliphatic rings. The average Bonchev–Trinajstić information content (AvgIpc) is 3.08. The van der Waals surface area contributed by atoms with Gasteiger partial charge in [0.15, 0.2) is 0 Å². The van der Waals surface area contributed by atoms with Gasteiger partial charge in [-0.1, -0.05) is 18.0 Å². The molecule has 182 valence electrons. The van der Waals surface area contributed by atoms with E-state index in [0.717, 1.165) is 19.6 Å². The van der Waals surface area contributed by atoms with Crippen molar-refractivity contribution in [3.05, 3.63) is 62.5 Å². The molecular weight excluding hydrogens is 458 g/mol. The molecule has 1 amide bonds. The number of carbonyl (C=O) groups is 2. The standard InChI is InChI=1S/C25H30ClN3O5/c1-33-25(32)23-20-9-12-28(24(31)18-5-7-19(26)8-6-18)13-14-29(20)22(30)17-21(23)34-16-15-27-10-3-2-4-11-27/h5-8,17H,2-4,9-16H2,1H3. The van der Waals surface area contributed by atoms with E-state index in [9.17, 15) is 14.4 Å². The van der Waals surface area contributed by atoms with Crippen LogP contribution in [0.3, 0.4) is 0 Å². The number of aromatic nitrogens is 1. The monoisotopic (exact) mass is 487 g/mol. The van der Waals surface area contributed by atoms with Crippen molar-refractivity contribution in [2.75, 3.05) is 46.4 Å². The second-order valence-corrected chi connectivity index (χ2v) is 9.05. The fourth-order valence-electron chi connectivity index (χ4n) is 4.63. The summed E-state index contributed by atoms with van der Waals surface area (Å²) < 4.78 is 12.5. The molecule has 1 fully saturated rings. The lowest BCUT2D eigenvalue weighted by Gasteiger charge is -2.26. The molecule has 1 aromatic heterocycles. The summed E-state index contributed by atoms with van der Waals surface area (Å²) in [5, 5.41) is 0.557. The third-order valence-electron chi connectivity index (χ3n) is 6.48. The molecule has 2 aliphatic heterocycles. The number of methoxy groups -OCH3 is 1. The third-order valence-corrected chi connectivity index (χ3v) is 6.73. The smallest absolute Gasteiger partial charge is 0.343 e. The van der Waals surface area contributed by atoms with Gasteiger partial charge in [0.2, 0.25) is 0 Å². The summed E-state index contributed by atoms with van der Waals surface area (Å²) in [5.41, 5.74) is 1.08. The van der Waals surface area contributed by atoms with Crippen LogP contribution >= 0.6 is 11.6 Å². The molecule has 0 atom stereocenters. The molecule has 0 unspecified atom stereocenters. The fourth-order valence-corrected chi connectivity index (χ4v) is 4.76. The molecule has 0 bridgehead atoms. The van der Waals surface area contributed by atoms with Crippen LogP contribution in [0.25, 0.3) is 0 Å². The number of ether oxygens (including phenoxy) is 2. The predicted octanol–water partition coefficient (Wildman–Crippen LogP) is 2.85. The molecule has 1 aromatic carbocycles. The molecule has 2 aromatic rings. The van der Waals surface area contributed by atoms with Crippen LogP contribution in [-0.2, 0) is 17.7 Å². The minimum absolute atomic E-state index is 0.143. The Bertz CT molecular complexity index is 1090. The Morgan fingerprint density at radius 1 is 1.00 bits per heavy atom. The number of nitrogens with zero attached hydrogens (tertiary/aromatic N) is 3. The zero-order chi connectivity index (χ0) is 24.1. The zero-order valence-electron chi connectivity index (χ0n) is 19.4. The Balaban J connectivity index is 1.55. The van der Waals surface area contributed by atoms with Gasteiger partial charge in [-0.2, -0.15) is 0 Å². The van der Waals surface area contributed by atoms with Crippen molar-refractivity contribution in [3.8, 4) is 5.75 Å². The molecule has 0 aliphatic carbocycles. The first-order valence-corrected chi connectivity index (χ1v) is 12.1. The van der Waals surface area contributed by atoms with Crippen LogP contribution < -0.4 is 10.3 Å². The number of amides is 1. The number of hydrogen-bond donors (Lipinski definition) is 0. The quantitative estimate of drug-likeness (QED) is 0.583. The Kier molecular flexibility index (Phi) is 7.90.